The SMILES string of the molecule is O=C(COC1(CCc2ccc(C3C(CCC(O)c4ccc(F)cc4)C(=O)N3c3ccc(F)cc3)cc2)COC1)NC1(C(=O)O)CCC1. The predicted octanol–water partition coefficient (Wildman–Crippen LogP) is 5.02. The van der Waals surface area contributed by atoms with Crippen LogP contribution in [0.25, 0.3) is 0 Å². The van der Waals surface area contributed by atoms with E-state index in [1.807, 2.05) is 24.3 Å². The molecule has 3 aromatic carbocycles. The van der Waals surface area contributed by atoms with Gasteiger partial charge < -0.3 is 29.9 Å². The fraction of sp³-hybridized carbons (Fsp3) is 0.417. The van der Waals surface area contributed by atoms with Crippen molar-refractivity contribution in [2.45, 2.75) is 68.2 Å². The average molecular weight is 649 g/mol. The number of carbonyl (C=O) groups is 3. The van der Waals surface area contributed by atoms with Crippen LogP contribution in [0.2, 0.25) is 0 Å². The lowest BCUT2D eigenvalue weighted by Crippen LogP contribution is -2.60. The first kappa shape index (κ1) is 32.7. The van der Waals surface area contributed by atoms with E-state index in [0.717, 1.165) is 17.5 Å². The number of hydrogen-bond acceptors (Lipinski definition) is 6. The zero-order chi connectivity index (χ0) is 33.2. The van der Waals surface area contributed by atoms with Crippen LogP contribution in [-0.4, -0.2) is 59.0 Å². The maximum Gasteiger partial charge on any atom is 0.329 e. The zero-order valence-corrected chi connectivity index (χ0v) is 25.9. The second-order valence-corrected chi connectivity index (χ2v) is 12.9. The number of nitrogens with zero attached hydrogens (tertiary/aromatic N) is 1. The Hall–Kier alpha value is -4.19. The van der Waals surface area contributed by atoms with E-state index in [-0.39, 0.29) is 24.4 Å². The van der Waals surface area contributed by atoms with Crippen LogP contribution < -0.4 is 10.2 Å². The molecule has 0 spiro atoms. The molecule has 11 heteroatoms. The first-order valence-corrected chi connectivity index (χ1v) is 16.0. The number of aliphatic carboxylic acids is 1. The largest absolute Gasteiger partial charge is 0.480 e. The summed E-state index contributed by atoms with van der Waals surface area (Å²) in [6, 6.07) is 19.0. The van der Waals surface area contributed by atoms with Crippen LogP contribution in [0, 0.1) is 17.6 Å². The normalized spacial score (nSPS) is 21.6. The van der Waals surface area contributed by atoms with E-state index in [1.54, 1.807) is 17.0 Å². The van der Waals surface area contributed by atoms with Gasteiger partial charge in [0.15, 0.2) is 0 Å². The summed E-state index contributed by atoms with van der Waals surface area (Å²) in [5.41, 5.74) is 1.26. The average Bonchev–Trinajstić information content (AvgIpc) is 3.02. The topological polar surface area (TPSA) is 125 Å². The Balaban J connectivity index is 1.09. The minimum atomic E-state index is -1.19. The van der Waals surface area contributed by atoms with Gasteiger partial charge >= 0.3 is 5.97 Å². The van der Waals surface area contributed by atoms with E-state index in [1.165, 1.54) is 36.4 Å². The number of aliphatic hydroxyl groups is 1. The third-order valence-electron chi connectivity index (χ3n) is 9.75. The predicted molar refractivity (Wildman–Crippen MR) is 167 cm³/mol. The molecule has 47 heavy (non-hydrogen) atoms. The van der Waals surface area contributed by atoms with Crippen molar-refractivity contribution in [3.05, 3.63) is 101 Å². The van der Waals surface area contributed by atoms with E-state index in [4.69, 9.17) is 9.47 Å². The summed E-state index contributed by atoms with van der Waals surface area (Å²) >= 11 is 0. The van der Waals surface area contributed by atoms with Gasteiger partial charge in [0.2, 0.25) is 11.8 Å². The van der Waals surface area contributed by atoms with Gasteiger partial charge in [-0.15, -0.1) is 0 Å². The molecule has 2 saturated heterocycles. The number of amides is 2. The van der Waals surface area contributed by atoms with Crippen molar-refractivity contribution >= 4 is 23.5 Å². The lowest BCUT2D eigenvalue weighted by Gasteiger charge is -2.48. The Morgan fingerprint density at radius 3 is 2.17 bits per heavy atom. The monoisotopic (exact) mass is 648 g/mol. The Kier molecular flexibility index (Phi) is 9.41. The maximum atomic E-state index is 13.7. The van der Waals surface area contributed by atoms with Gasteiger partial charge in [-0.25, -0.2) is 13.6 Å². The van der Waals surface area contributed by atoms with Crippen LogP contribution in [0.3, 0.4) is 0 Å². The first-order valence-electron chi connectivity index (χ1n) is 16.0. The molecule has 3 atom stereocenters. The molecule has 0 bridgehead atoms. The molecule has 3 fully saturated rings. The van der Waals surface area contributed by atoms with Crippen LogP contribution in [0.15, 0.2) is 72.8 Å². The van der Waals surface area contributed by atoms with Crippen LogP contribution in [0.4, 0.5) is 14.5 Å². The summed E-state index contributed by atoms with van der Waals surface area (Å²) in [6.07, 6.45) is 2.68. The van der Waals surface area contributed by atoms with Crippen molar-refractivity contribution in [2.24, 2.45) is 5.92 Å². The molecule has 3 aromatic rings. The van der Waals surface area contributed by atoms with Crippen LogP contribution >= 0.6 is 0 Å². The summed E-state index contributed by atoms with van der Waals surface area (Å²) in [6.45, 7) is 0.429. The lowest BCUT2D eigenvalue weighted by molar-refractivity contribution is -0.212. The van der Waals surface area contributed by atoms with Gasteiger partial charge in [-0.1, -0.05) is 36.4 Å². The van der Waals surface area contributed by atoms with Crippen LogP contribution in [0.5, 0.6) is 0 Å². The quantitative estimate of drug-likeness (QED) is 0.210. The molecule has 0 radical (unpaired) electrons. The number of rotatable bonds is 14. The maximum absolute atomic E-state index is 13.7. The summed E-state index contributed by atoms with van der Waals surface area (Å²) in [5.74, 6) is -2.79. The number of ether oxygens (including phenoxy) is 2. The van der Waals surface area contributed by atoms with E-state index in [2.05, 4.69) is 5.32 Å². The number of anilines is 1. The van der Waals surface area contributed by atoms with E-state index >= 15 is 0 Å². The molecular weight excluding hydrogens is 610 g/mol. The summed E-state index contributed by atoms with van der Waals surface area (Å²) in [7, 11) is 0. The number of aliphatic hydroxyl groups excluding tert-OH is 1. The third-order valence-corrected chi connectivity index (χ3v) is 9.75. The number of β-lactam (4-membered cyclic amide) rings is 1. The molecule has 3 N–H and O–H groups in total. The number of aryl methyl sites for hydroxylation is 1. The first-order chi connectivity index (χ1) is 22.6. The molecule has 2 aliphatic heterocycles. The Bertz CT molecular complexity index is 1590. The minimum Gasteiger partial charge on any atom is -0.480 e. The van der Waals surface area contributed by atoms with Crippen molar-refractivity contribution < 1.29 is 42.9 Å². The number of halogens is 2. The number of hydrogen-bond donors (Lipinski definition) is 3. The molecular formula is C36H38F2N2O7. The van der Waals surface area contributed by atoms with E-state index in [0.29, 0.717) is 63.0 Å². The molecule has 1 aliphatic carbocycles. The third kappa shape index (κ3) is 6.93. The molecule has 2 amide bonds. The fourth-order valence-electron chi connectivity index (χ4n) is 6.62. The van der Waals surface area contributed by atoms with Gasteiger partial charge in [-0.05, 0) is 98.0 Å². The second kappa shape index (κ2) is 13.5. The lowest BCUT2D eigenvalue weighted by atomic mass is 9.77. The Morgan fingerprint density at radius 2 is 1.62 bits per heavy atom. The van der Waals surface area contributed by atoms with Gasteiger partial charge in [0.1, 0.15) is 29.4 Å². The van der Waals surface area contributed by atoms with E-state index in [9.17, 15) is 33.4 Å². The van der Waals surface area contributed by atoms with Gasteiger partial charge in [0.25, 0.3) is 0 Å². The van der Waals surface area contributed by atoms with Crippen molar-refractivity contribution in [1.82, 2.24) is 5.32 Å². The number of carboxylic acid groups (broad SMARTS) is 1. The van der Waals surface area contributed by atoms with Gasteiger partial charge in [0, 0.05) is 5.69 Å². The highest BCUT2D eigenvalue weighted by molar-refractivity contribution is 6.03. The molecule has 3 aliphatic rings. The second-order valence-electron chi connectivity index (χ2n) is 12.9. The van der Waals surface area contributed by atoms with Crippen molar-refractivity contribution in [1.29, 1.82) is 0 Å². The van der Waals surface area contributed by atoms with Gasteiger partial charge in [0.05, 0.1) is 31.3 Å². The highest BCUT2D eigenvalue weighted by Crippen LogP contribution is 2.46. The number of carboxylic acids is 1. The van der Waals surface area contributed by atoms with Crippen molar-refractivity contribution in [3.8, 4) is 0 Å². The summed E-state index contributed by atoms with van der Waals surface area (Å²) in [5, 5.41) is 22.8. The van der Waals surface area contributed by atoms with Crippen molar-refractivity contribution in [2.75, 3.05) is 24.7 Å². The van der Waals surface area contributed by atoms with Crippen molar-refractivity contribution in [3.63, 3.8) is 0 Å². The summed E-state index contributed by atoms with van der Waals surface area (Å²) < 4.78 is 38.4. The number of benzene rings is 3. The molecule has 0 aromatic heterocycles. The van der Waals surface area contributed by atoms with Crippen LogP contribution in [0.1, 0.15) is 67.4 Å². The highest BCUT2D eigenvalue weighted by atomic mass is 19.1. The standard InChI is InChI=1S/C36H38F2N2O7/c37-26-8-6-24(7-9-26)30(41)15-14-29-32(40(33(29)43)28-12-10-27(38)11-13-28)25-4-2-23(3-5-25)16-19-35(21-46-22-35)47-20-31(42)39-36(34(44)45)17-1-18-36/h2-13,29-30,32,41H,1,14-22H2,(H,39,42)(H,44,45). The molecule has 248 valence electrons. The van der Waals surface area contributed by atoms with Gasteiger partial charge in [-0.2, -0.15) is 0 Å². The van der Waals surface area contributed by atoms with Gasteiger partial charge in [-0.3, -0.25) is 9.59 Å². The molecule has 9 nitrogen and oxygen atoms in total. The molecule has 6 rings (SSSR count). The molecule has 3 unspecified atom stereocenters. The Morgan fingerprint density at radius 1 is 0.979 bits per heavy atom. The number of nitrogens with one attached hydrogen (secondary N) is 1. The smallest absolute Gasteiger partial charge is 0.329 e. The zero-order valence-electron chi connectivity index (χ0n) is 25.9. The molecule has 1 saturated carbocycles. The minimum absolute atomic E-state index is 0.114. The van der Waals surface area contributed by atoms with Crippen LogP contribution in [-0.2, 0) is 30.3 Å². The van der Waals surface area contributed by atoms with E-state index < -0.39 is 40.9 Å². The fourth-order valence-corrected chi connectivity index (χ4v) is 6.62. The molecule has 2 heterocycles. The summed E-state index contributed by atoms with van der Waals surface area (Å²) in [4.78, 5) is 39.1. The highest BCUT2D eigenvalue weighted by Gasteiger charge is 2.49. The number of carbonyl (C=O) groups excluding carboxylic acids is 2. The Labute approximate surface area is 271 Å².